The summed E-state index contributed by atoms with van der Waals surface area (Å²) in [4.78, 5) is 12.3. The van der Waals surface area contributed by atoms with Crippen molar-refractivity contribution in [3.63, 3.8) is 0 Å². The van der Waals surface area contributed by atoms with E-state index in [0.717, 1.165) is 17.7 Å². The summed E-state index contributed by atoms with van der Waals surface area (Å²) in [7, 11) is 0. The van der Waals surface area contributed by atoms with E-state index in [1.54, 1.807) is 24.3 Å². The Balaban J connectivity index is 1.70. The fourth-order valence-corrected chi connectivity index (χ4v) is 3.06. The molecule has 0 fully saturated rings. The molecule has 1 atom stereocenters. The van der Waals surface area contributed by atoms with Crippen LogP contribution in [0.25, 0.3) is 0 Å². The third-order valence-electron chi connectivity index (χ3n) is 3.82. The van der Waals surface area contributed by atoms with Crippen LogP contribution in [-0.4, -0.2) is 25.2 Å². The molecule has 1 aliphatic rings. The highest BCUT2D eigenvalue weighted by atomic mass is 35.5. The van der Waals surface area contributed by atoms with Gasteiger partial charge >= 0.3 is 0 Å². The Morgan fingerprint density at radius 2 is 2.04 bits per heavy atom. The summed E-state index contributed by atoms with van der Waals surface area (Å²) in [6, 6.07) is 8.52. The van der Waals surface area contributed by atoms with E-state index in [0.29, 0.717) is 33.8 Å². The second kappa shape index (κ2) is 8.06. The Morgan fingerprint density at radius 1 is 1.23 bits per heavy atom. The molecule has 26 heavy (non-hydrogen) atoms. The van der Waals surface area contributed by atoms with Gasteiger partial charge in [-0.25, -0.2) is 0 Å². The lowest BCUT2D eigenvalue weighted by Crippen LogP contribution is -2.20. The molecule has 1 N–H and O–H groups in total. The first-order chi connectivity index (χ1) is 12.5. The van der Waals surface area contributed by atoms with Gasteiger partial charge in [0.05, 0.1) is 17.3 Å². The van der Waals surface area contributed by atoms with Crippen LogP contribution in [0.4, 0.5) is 5.69 Å². The summed E-state index contributed by atoms with van der Waals surface area (Å²) in [5, 5.41) is 3.67. The zero-order valence-corrected chi connectivity index (χ0v) is 16.0. The third-order valence-corrected chi connectivity index (χ3v) is 4.37. The van der Waals surface area contributed by atoms with Gasteiger partial charge in [-0.15, -0.1) is 0 Å². The van der Waals surface area contributed by atoms with E-state index in [1.165, 1.54) is 0 Å². The maximum atomic E-state index is 12.3. The Morgan fingerprint density at radius 3 is 2.81 bits per heavy atom. The van der Waals surface area contributed by atoms with Crippen LogP contribution in [0, 0.1) is 0 Å². The van der Waals surface area contributed by atoms with E-state index in [2.05, 4.69) is 5.32 Å². The molecule has 0 aliphatic carbocycles. The Hall–Kier alpha value is -2.11. The lowest BCUT2D eigenvalue weighted by atomic mass is 10.1. The van der Waals surface area contributed by atoms with Gasteiger partial charge in [-0.05, 0) is 32.0 Å². The Bertz CT molecular complexity index is 825. The summed E-state index contributed by atoms with van der Waals surface area (Å²) in [5.74, 6) is 1.38. The van der Waals surface area contributed by atoms with E-state index in [9.17, 15) is 4.79 Å². The predicted octanol–water partition coefficient (Wildman–Crippen LogP) is 4.73. The molecule has 1 aliphatic heterocycles. The minimum Gasteiger partial charge on any atom is -0.492 e. The van der Waals surface area contributed by atoms with Gasteiger partial charge in [0.25, 0.3) is 5.91 Å². The second-order valence-electron chi connectivity index (χ2n) is 5.93. The molecule has 0 radical (unpaired) electrons. The van der Waals surface area contributed by atoms with Crippen molar-refractivity contribution in [3.05, 3.63) is 45.9 Å². The molecule has 0 aromatic heterocycles. The molecular formula is C19H19Cl2NO4. The quantitative estimate of drug-likeness (QED) is 0.767. The summed E-state index contributed by atoms with van der Waals surface area (Å²) < 4.78 is 16.9. The van der Waals surface area contributed by atoms with Crippen LogP contribution >= 0.6 is 23.2 Å². The number of anilines is 1. The molecule has 0 saturated carbocycles. The van der Waals surface area contributed by atoms with E-state index >= 15 is 0 Å². The van der Waals surface area contributed by atoms with Gasteiger partial charge in [-0.2, -0.15) is 0 Å². The van der Waals surface area contributed by atoms with E-state index in [1.807, 2.05) is 19.9 Å². The van der Waals surface area contributed by atoms with Gasteiger partial charge < -0.3 is 19.5 Å². The average Bonchev–Trinajstić information content (AvgIpc) is 2.95. The topological polar surface area (TPSA) is 56.8 Å². The number of hydrogen-bond donors (Lipinski definition) is 1. The molecule has 138 valence electrons. The molecule has 0 bridgehead atoms. The van der Waals surface area contributed by atoms with Crippen molar-refractivity contribution in [3.8, 4) is 17.2 Å². The van der Waals surface area contributed by atoms with E-state index in [4.69, 9.17) is 37.4 Å². The smallest absolute Gasteiger partial charge is 0.262 e. The number of carbonyl (C=O) groups is 1. The van der Waals surface area contributed by atoms with Crippen LogP contribution in [0.3, 0.4) is 0 Å². The first kappa shape index (κ1) is 18.7. The highest BCUT2D eigenvalue weighted by Crippen LogP contribution is 2.38. The number of nitrogens with one attached hydrogen (secondary N) is 1. The molecule has 2 aromatic carbocycles. The van der Waals surface area contributed by atoms with Crippen LogP contribution in [0.1, 0.15) is 19.4 Å². The Kier molecular flexibility index (Phi) is 5.79. The molecule has 1 heterocycles. The highest BCUT2D eigenvalue weighted by molar-refractivity contribution is 6.34. The number of ether oxygens (including phenoxy) is 3. The summed E-state index contributed by atoms with van der Waals surface area (Å²) in [5.41, 5.74) is 1.62. The van der Waals surface area contributed by atoms with E-state index < -0.39 is 0 Å². The van der Waals surface area contributed by atoms with Crippen molar-refractivity contribution >= 4 is 34.8 Å². The van der Waals surface area contributed by atoms with Crippen molar-refractivity contribution in [2.24, 2.45) is 0 Å². The summed E-state index contributed by atoms with van der Waals surface area (Å²) in [6.45, 7) is 4.18. The van der Waals surface area contributed by atoms with Crippen molar-refractivity contribution < 1.29 is 19.0 Å². The van der Waals surface area contributed by atoms with Crippen LogP contribution in [0.2, 0.25) is 10.0 Å². The molecule has 0 saturated heterocycles. The molecule has 2 aromatic rings. The first-order valence-corrected chi connectivity index (χ1v) is 9.06. The maximum Gasteiger partial charge on any atom is 0.262 e. The number of halogens is 2. The normalized spacial score (nSPS) is 15.2. The standard InChI is InChI=1S/C19H19Cl2NO4/c1-3-24-18-7-12-6-11(2)26-16(12)9-15(18)22-19(23)10-25-17-8-13(20)4-5-14(17)21/h4-5,7-9,11H,3,6,10H2,1-2H3,(H,22,23)/t11-/m0/s1. The summed E-state index contributed by atoms with van der Waals surface area (Å²) in [6.07, 6.45) is 0.929. The molecule has 3 rings (SSSR count). The van der Waals surface area contributed by atoms with Crippen LogP contribution in [-0.2, 0) is 11.2 Å². The third kappa shape index (κ3) is 4.34. The minimum atomic E-state index is -0.340. The number of amides is 1. The summed E-state index contributed by atoms with van der Waals surface area (Å²) >= 11 is 11.9. The molecule has 5 nitrogen and oxygen atoms in total. The van der Waals surface area contributed by atoms with Crippen molar-refractivity contribution in [2.75, 3.05) is 18.5 Å². The molecule has 0 unspecified atom stereocenters. The van der Waals surface area contributed by atoms with Gasteiger partial charge in [0.1, 0.15) is 23.4 Å². The fraction of sp³-hybridized carbons (Fsp3) is 0.316. The minimum absolute atomic E-state index is 0.110. The average molecular weight is 396 g/mol. The number of carbonyl (C=O) groups excluding carboxylic acids is 1. The number of hydrogen-bond acceptors (Lipinski definition) is 4. The fourth-order valence-electron chi connectivity index (χ4n) is 2.73. The molecule has 1 amide bonds. The lowest BCUT2D eigenvalue weighted by Gasteiger charge is -2.14. The van der Waals surface area contributed by atoms with Crippen LogP contribution in [0.5, 0.6) is 17.2 Å². The number of rotatable bonds is 6. The van der Waals surface area contributed by atoms with Gasteiger partial charge in [-0.3, -0.25) is 4.79 Å². The monoisotopic (exact) mass is 395 g/mol. The van der Waals surface area contributed by atoms with Gasteiger partial charge in [0, 0.05) is 29.1 Å². The van der Waals surface area contributed by atoms with Crippen LogP contribution < -0.4 is 19.5 Å². The first-order valence-electron chi connectivity index (χ1n) is 8.30. The predicted molar refractivity (Wildman–Crippen MR) is 102 cm³/mol. The van der Waals surface area contributed by atoms with Gasteiger partial charge in [-0.1, -0.05) is 23.2 Å². The van der Waals surface area contributed by atoms with E-state index in [-0.39, 0.29) is 18.6 Å². The number of fused-ring (bicyclic) bond motifs is 1. The largest absolute Gasteiger partial charge is 0.492 e. The van der Waals surface area contributed by atoms with Crippen molar-refractivity contribution in [1.29, 1.82) is 0 Å². The molecule has 0 spiro atoms. The Labute approximate surface area is 162 Å². The van der Waals surface area contributed by atoms with Crippen molar-refractivity contribution in [2.45, 2.75) is 26.4 Å². The molecule has 7 heteroatoms. The second-order valence-corrected chi connectivity index (χ2v) is 6.78. The SMILES string of the molecule is CCOc1cc2c(cc1NC(=O)COc1cc(Cl)ccc1Cl)O[C@@H](C)C2. The van der Waals surface area contributed by atoms with Crippen LogP contribution in [0.15, 0.2) is 30.3 Å². The number of benzene rings is 2. The maximum absolute atomic E-state index is 12.3. The lowest BCUT2D eigenvalue weighted by molar-refractivity contribution is -0.118. The zero-order chi connectivity index (χ0) is 18.7. The highest BCUT2D eigenvalue weighted by Gasteiger charge is 2.22. The zero-order valence-electron chi connectivity index (χ0n) is 14.5. The van der Waals surface area contributed by atoms with Gasteiger partial charge in [0.2, 0.25) is 0 Å². The van der Waals surface area contributed by atoms with Crippen molar-refractivity contribution in [1.82, 2.24) is 0 Å². The van der Waals surface area contributed by atoms with Gasteiger partial charge in [0.15, 0.2) is 6.61 Å². The molecular weight excluding hydrogens is 377 g/mol.